The van der Waals surface area contributed by atoms with Gasteiger partial charge in [0, 0.05) is 24.7 Å². The molecule has 3 nitrogen and oxygen atoms in total. The highest BCUT2D eigenvalue weighted by atomic mass is 15.3. The standard InChI is InChI=1S/C11H15N3/c1-7-4-11-10(5-9(7)6-12)8(2)14(3)13-11/h4-5H,6,12H2,1-3H3. The van der Waals surface area contributed by atoms with Gasteiger partial charge in [-0.05, 0) is 37.1 Å². The van der Waals surface area contributed by atoms with Gasteiger partial charge in [-0.3, -0.25) is 4.68 Å². The Balaban J connectivity index is 2.80. The predicted octanol–water partition coefficient (Wildman–Crippen LogP) is 1.65. The highest BCUT2D eigenvalue weighted by Gasteiger charge is 2.07. The van der Waals surface area contributed by atoms with Crippen molar-refractivity contribution >= 4 is 10.9 Å². The summed E-state index contributed by atoms with van der Waals surface area (Å²) < 4.78 is 1.91. The van der Waals surface area contributed by atoms with Gasteiger partial charge in [0.25, 0.3) is 0 Å². The number of benzene rings is 1. The fourth-order valence-electron chi connectivity index (χ4n) is 1.74. The van der Waals surface area contributed by atoms with Crippen molar-refractivity contribution in [2.24, 2.45) is 12.8 Å². The van der Waals surface area contributed by atoms with Crippen LogP contribution in [0.3, 0.4) is 0 Å². The van der Waals surface area contributed by atoms with Crippen molar-refractivity contribution in [1.82, 2.24) is 9.78 Å². The van der Waals surface area contributed by atoms with E-state index in [0.717, 1.165) is 5.52 Å². The Bertz CT molecular complexity index is 483. The third-order valence-electron chi connectivity index (χ3n) is 2.81. The maximum absolute atomic E-state index is 5.67. The van der Waals surface area contributed by atoms with Gasteiger partial charge in [0.15, 0.2) is 0 Å². The smallest absolute Gasteiger partial charge is 0.0928 e. The minimum atomic E-state index is 0.593. The van der Waals surface area contributed by atoms with Gasteiger partial charge in [-0.15, -0.1) is 0 Å². The first-order chi connectivity index (χ1) is 6.63. The molecule has 0 bridgehead atoms. The number of nitrogens with zero attached hydrogens (tertiary/aromatic N) is 2. The van der Waals surface area contributed by atoms with Gasteiger partial charge in [-0.25, -0.2) is 0 Å². The fourth-order valence-corrected chi connectivity index (χ4v) is 1.74. The van der Waals surface area contributed by atoms with Crippen molar-refractivity contribution in [3.8, 4) is 0 Å². The maximum atomic E-state index is 5.67. The molecule has 0 saturated carbocycles. The Hall–Kier alpha value is -1.35. The van der Waals surface area contributed by atoms with Crippen LogP contribution in [0.4, 0.5) is 0 Å². The molecule has 14 heavy (non-hydrogen) atoms. The number of hydrogen-bond donors (Lipinski definition) is 1. The van der Waals surface area contributed by atoms with Gasteiger partial charge >= 0.3 is 0 Å². The molecular weight excluding hydrogens is 174 g/mol. The lowest BCUT2D eigenvalue weighted by Crippen LogP contribution is -1.98. The van der Waals surface area contributed by atoms with E-state index in [1.54, 1.807) is 0 Å². The topological polar surface area (TPSA) is 43.8 Å². The maximum Gasteiger partial charge on any atom is 0.0928 e. The molecule has 1 aromatic carbocycles. The molecule has 0 aliphatic heterocycles. The average Bonchev–Trinajstić information content (AvgIpc) is 2.41. The molecule has 1 aromatic heterocycles. The van der Waals surface area contributed by atoms with Crippen molar-refractivity contribution in [3.63, 3.8) is 0 Å². The minimum absolute atomic E-state index is 0.593. The molecule has 2 rings (SSSR count). The molecule has 2 N–H and O–H groups in total. The van der Waals surface area contributed by atoms with Crippen molar-refractivity contribution in [3.05, 3.63) is 29.0 Å². The predicted molar refractivity (Wildman–Crippen MR) is 58.1 cm³/mol. The summed E-state index contributed by atoms with van der Waals surface area (Å²) in [6.45, 7) is 4.74. The molecule has 0 unspecified atom stereocenters. The zero-order valence-corrected chi connectivity index (χ0v) is 8.83. The van der Waals surface area contributed by atoms with E-state index >= 15 is 0 Å². The number of fused-ring (bicyclic) bond motifs is 1. The van der Waals surface area contributed by atoms with Crippen LogP contribution in [0.2, 0.25) is 0 Å². The Labute approximate surface area is 83.5 Å². The number of hydrogen-bond acceptors (Lipinski definition) is 2. The second-order valence-corrected chi connectivity index (χ2v) is 3.71. The van der Waals surface area contributed by atoms with Crippen LogP contribution in [-0.4, -0.2) is 9.78 Å². The molecule has 0 fully saturated rings. The molecule has 0 aliphatic rings. The summed E-state index contributed by atoms with van der Waals surface area (Å²) in [7, 11) is 1.97. The summed E-state index contributed by atoms with van der Waals surface area (Å²) in [6, 6.07) is 4.25. The quantitative estimate of drug-likeness (QED) is 0.741. The summed E-state index contributed by atoms with van der Waals surface area (Å²) in [5.41, 5.74) is 10.3. The second kappa shape index (κ2) is 3.10. The molecular formula is C11H15N3. The first-order valence-corrected chi connectivity index (χ1v) is 4.76. The van der Waals surface area contributed by atoms with E-state index < -0.39 is 0 Å². The van der Waals surface area contributed by atoms with Gasteiger partial charge in [0.2, 0.25) is 0 Å². The van der Waals surface area contributed by atoms with Gasteiger partial charge in [-0.2, -0.15) is 5.10 Å². The first kappa shape index (κ1) is 9.21. The zero-order chi connectivity index (χ0) is 10.3. The minimum Gasteiger partial charge on any atom is -0.326 e. The molecule has 0 spiro atoms. The van der Waals surface area contributed by atoms with E-state index in [9.17, 15) is 0 Å². The SMILES string of the molecule is Cc1cc2nn(C)c(C)c2cc1CN. The van der Waals surface area contributed by atoms with Crippen molar-refractivity contribution in [1.29, 1.82) is 0 Å². The number of aryl methyl sites for hydroxylation is 3. The van der Waals surface area contributed by atoms with Crippen LogP contribution in [0.15, 0.2) is 12.1 Å². The third kappa shape index (κ3) is 1.21. The highest BCUT2D eigenvalue weighted by Crippen LogP contribution is 2.21. The second-order valence-electron chi connectivity index (χ2n) is 3.71. The molecule has 1 heterocycles. The molecule has 3 heteroatoms. The van der Waals surface area contributed by atoms with E-state index in [1.807, 2.05) is 11.7 Å². The number of rotatable bonds is 1. The highest BCUT2D eigenvalue weighted by molar-refractivity contribution is 5.83. The van der Waals surface area contributed by atoms with E-state index in [0.29, 0.717) is 6.54 Å². The Kier molecular flexibility index (Phi) is 2.04. The summed E-state index contributed by atoms with van der Waals surface area (Å²) >= 11 is 0. The van der Waals surface area contributed by atoms with Crippen LogP contribution < -0.4 is 5.73 Å². The fraction of sp³-hybridized carbons (Fsp3) is 0.364. The summed E-state index contributed by atoms with van der Waals surface area (Å²) in [6.07, 6.45) is 0. The van der Waals surface area contributed by atoms with Crippen LogP contribution in [-0.2, 0) is 13.6 Å². The summed E-state index contributed by atoms with van der Waals surface area (Å²) in [5.74, 6) is 0. The zero-order valence-electron chi connectivity index (χ0n) is 8.83. The van der Waals surface area contributed by atoms with Crippen LogP contribution in [0.25, 0.3) is 10.9 Å². The molecule has 0 aliphatic carbocycles. The molecule has 0 amide bonds. The normalized spacial score (nSPS) is 11.1. The van der Waals surface area contributed by atoms with Crippen molar-refractivity contribution in [2.45, 2.75) is 20.4 Å². The Morgan fingerprint density at radius 2 is 2.07 bits per heavy atom. The van der Waals surface area contributed by atoms with Crippen LogP contribution in [0, 0.1) is 13.8 Å². The van der Waals surface area contributed by atoms with Gasteiger partial charge in [0.1, 0.15) is 0 Å². The van der Waals surface area contributed by atoms with Crippen molar-refractivity contribution in [2.75, 3.05) is 0 Å². The summed E-state index contributed by atoms with van der Waals surface area (Å²) in [4.78, 5) is 0. The number of nitrogens with two attached hydrogens (primary N) is 1. The van der Waals surface area contributed by atoms with Crippen LogP contribution in [0.1, 0.15) is 16.8 Å². The lowest BCUT2D eigenvalue weighted by atomic mass is 10.1. The van der Waals surface area contributed by atoms with Gasteiger partial charge < -0.3 is 5.73 Å². The first-order valence-electron chi connectivity index (χ1n) is 4.76. The van der Waals surface area contributed by atoms with E-state index in [2.05, 4.69) is 31.1 Å². The monoisotopic (exact) mass is 189 g/mol. The van der Waals surface area contributed by atoms with E-state index in [1.165, 1.54) is 22.2 Å². The largest absolute Gasteiger partial charge is 0.326 e. The molecule has 0 atom stereocenters. The molecule has 0 saturated heterocycles. The van der Waals surface area contributed by atoms with Crippen LogP contribution >= 0.6 is 0 Å². The number of aromatic nitrogens is 2. The van der Waals surface area contributed by atoms with Crippen LogP contribution in [0.5, 0.6) is 0 Å². The Morgan fingerprint density at radius 3 is 2.71 bits per heavy atom. The molecule has 0 radical (unpaired) electrons. The van der Waals surface area contributed by atoms with Crippen molar-refractivity contribution < 1.29 is 0 Å². The third-order valence-corrected chi connectivity index (χ3v) is 2.81. The van der Waals surface area contributed by atoms with E-state index in [-0.39, 0.29) is 0 Å². The molecule has 2 aromatic rings. The van der Waals surface area contributed by atoms with E-state index in [4.69, 9.17) is 5.73 Å². The Morgan fingerprint density at radius 1 is 1.36 bits per heavy atom. The lowest BCUT2D eigenvalue weighted by Gasteiger charge is -2.02. The summed E-state index contributed by atoms with van der Waals surface area (Å²) in [5, 5.41) is 5.63. The molecule has 74 valence electrons. The van der Waals surface area contributed by atoms with Gasteiger partial charge in [0.05, 0.1) is 5.52 Å². The van der Waals surface area contributed by atoms with Gasteiger partial charge in [-0.1, -0.05) is 0 Å². The lowest BCUT2D eigenvalue weighted by molar-refractivity contribution is 0.751. The average molecular weight is 189 g/mol.